The number of furan rings is 1. The lowest BCUT2D eigenvalue weighted by Crippen LogP contribution is -2.11. The van der Waals surface area contributed by atoms with Crippen LogP contribution in [0.2, 0.25) is 0 Å². The highest BCUT2D eigenvalue weighted by Gasteiger charge is 2.00. The summed E-state index contributed by atoms with van der Waals surface area (Å²) >= 11 is 4.91. The van der Waals surface area contributed by atoms with Gasteiger partial charge in [-0.15, -0.1) is 0 Å². The third-order valence-electron chi connectivity index (χ3n) is 2.30. The molecule has 0 amide bonds. The number of pyridine rings is 1. The van der Waals surface area contributed by atoms with E-state index in [2.05, 4.69) is 10.3 Å². The predicted octanol–water partition coefficient (Wildman–Crippen LogP) is 1.96. The van der Waals surface area contributed by atoms with Gasteiger partial charge in [0.05, 0.1) is 6.26 Å². The number of thiocarbonyl (C=S) groups is 1. The molecule has 3 N–H and O–H groups in total. The van der Waals surface area contributed by atoms with Crippen LogP contribution in [0.1, 0.15) is 11.3 Å². The van der Waals surface area contributed by atoms with Crippen LogP contribution in [0.5, 0.6) is 0 Å². The van der Waals surface area contributed by atoms with Crippen LogP contribution in [0, 0.1) is 0 Å². The van der Waals surface area contributed by atoms with Gasteiger partial charge in [0.15, 0.2) is 0 Å². The van der Waals surface area contributed by atoms with Crippen LogP contribution < -0.4 is 11.1 Å². The molecular formula is C12H13N3OS. The van der Waals surface area contributed by atoms with E-state index in [9.17, 15) is 0 Å². The van der Waals surface area contributed by atoms with Gasteiger partial charge in [0.25, 0.3) is 0 Å². The second kappa shape index (κ2) is 5.45. The van der Waals surface area contributed by atoms with E-state index in [0.717, 1.165) is 30.1 Å². The molecule has 0 bridgehead atoms. The zero-order valence-electron chi connectivity index (χ0n) is 9.22. The van der Waals surface area contributed by atoms with Gasteiger partial charge < -0.3 is 15.5 Å². The number of nitrogens with zero attached hydrogens (tertiary/aromatic N) is 1. The van der Waals surface area contributed by atoms with Gasteiger partial charge in [-0.25, -0.2) is 4.98 Å². The first-order chi connectivity index (χ1) is 8.25. The fourth-order valence-electron chi connectivity index (χ4n) is 1.45. The minimum Gasteiger partial charge on any atom is -0.469 e. The van der Waals surface area contributed by atoms with Crippen molar-refractivity contribution in [3.05, 3.63) is 48.0 Å². The number of aromatic nitrogens is 1. The average molecular weight is 247 g/mol. The molecule has 5 heteroatoms. The van der Waals surface area contributed by atoms with Crippen LogP contribution in [0.4, 0.5) is 5.82 Å². The van der Waals surface area contributed by atoms with Crippen molar-refractivity contribution in [2.24, 2.45) is 5.73 Å². The highest BCUT2D eigenvalue weighted by Crippen LogP contribution is 2.07. The molecule has 2 aromatic rings. The van der Waals surface area contributed by atoms with Crippen molar-refractivity contribution in [3.63, 3.8) is 0 Å². The van der Waals surface area contributed by atoms with Crippen molar-refractivity contribution in [1.82, 2.24) is 4.98 Å². The first kappa shape index (κ1) is 11.6. The fourth-order valence-corrected chi connectivity index (χ4v) is 1.58. The van der Waals surface area contributed by atoms with Gasteiger partial charge in [0, 0.05) is 24.7 Å². The van der Waals surface area contributed by atoms with E-state index >= 15 is 0 Å². The lowest BCUT2D eigenvalue weighted by Gasteiger charge is -2.05. The molecule has 17 heavy (non-hydrogen) atoms. The van der Waals surface area contributed by atoms with Gasteiger partial charge in [-0.1, -0.05) is 12.2 Å². The molecule has 88 valence electrons. The Bertz CT molecular complexity index is 496. The van der Waals surface area contributed by atoms with Crippen LogP contribution in [0.25, 0.3) is 0 Å². The maximum absolute atomic E-state index is 5.55. The molecule has 2 heterocycles. The van der Waals surface area contributed by atoms with Crippen LogP contribution in [0.15, 0.2) is 41.1 Å². The predicted molar refractivity (Wildman–Crippen MR) is 71.0 cm³/mol. The minimum absolute atomic E-state index is 0.376. The number of nitrogens with two attached hydrogens (primary N) is 1. The van der Waals surface area contributed by atoms with E-state index in [-0.39, 0.29) is 0 Å². The summed E-state index contributed by atoms with van der Waals surface area (Å²) in [5.41, 5.74) is 6.36. The SMILES string of the molecule is NC(=S)c1ccnc(NCCc2ccco2)c1. The zero-order valence-corrected chi connectivity index (χ0v) is 10.0. The summed E-state index contributed by atoms with van der Waals surface area (Å²) in [7, 11) is 0. The molecule has 0 aliphatic carbocycles. The third kappa shape index (κ3) is 3.29. The van der Waals surface area contributed by atoms with E-state index in [4.69, 9.17) is 22.4 Å². The Morgan fingerprint density at radius 1 is 1.47 bits per heavy atom. The molecule has 0 spiro atoms. The first-order valence-corrected chi connectivity index (χ1v) is 5.68. The molecule has 0 unspecified atom stereocenters. The third-order valence-corrected chi connectivity index (χ3v) is 2.54. The van der Waals surface area contributed by atoms with E-state index in [0.29, 0.717) is 4.99 Å². The Morgan fingerprint density at radius 2 is 2.35 bits per heavy atom. The standard InChI is InChI=1S/C12H13N3OS/c13-12(17)9-3-5-14-11(8-9)15-6-4-10-2-1-7-16-10/h1-3,5,7-8H,4,6H2,(H2,13,17)(H,14,15). The highest BCUT2D eigenvalue weighted by molar-refractivity contribution is 7.80. The molecule has 0 fully saturated rings. The van der Waals surface area contributed by atoms with Crippen molar-refractivity contribution < 1.29 is 4.42 Å². The Kier molecular flexibility index (Phi) is 3.72. The fraction of sp³-hybridized carbons (Fsp3) is 0.167. The Morgan fingerprint density at radius 3 is 3.06 bits per heavy atom. The second-order valence-corrected chi connectivity index (χ2v) is 3.99. The number of nitrogens with one attached hydrogen (secondary N) is 1. The van der Waals surface area contributed by atoms with Crippen molar-refractivity contribution in [3.8, 4) is 0 Å². The Labute approximate surface area is 105 Å². The molecule has 0 aliphatic heterocycles. The Hall–Kier alpha value is -1.88. The van der Waals surface area contributed by atoms with Crippen LogP contribution >= 0.6 is 12.2 Å². The molecule has 0 atom stereocenters. The Balaban J connectivity index is 1.90. The van der Waals surface area contributed by atoms with E-state index < -0.39 is 0 Å². The summed E-state index contributed by atoms with van der Waals surface area (Å²) in [6.45, 7) is 0.751. The van der Waals surface area contributed by atoms with Gasteiger partial charge >= 0.3 is 0 Å². The molecular weight excluding hydrogens is 234 g/mol. The van der Waals surface area contributed by atoms with E-state index in [1.165, 1.54) is 0 Å². The number of anilines is 1. The molecule has 0 saturated heterocycles. The zero-order chi connectivity index (χ0) is 12.1. The number of hydrogen-bond donors (Lipinski definition) is 2. The van der Waals surface area contributed by atoms with Crippen molar-refractivity contribution >= 4 is 23.0 Å². The monoisotopic (exact) mass is 247 g/mol. The molecule has 0 aromatic carbocycles. The van der Waals surface area contributed by atoms with E-state index in [1.807, 2.05) is 18.2 Å². The van der Waals surface area contributed by atoms with Gasteiger partial charge in [0.1, 0.15) is 16.6 Å². The van der Waals surface area contributed by atoms with Gasteiger partial charge in [-0.05, 0) is 24.3 Å². The smallest absolute Gasteiger partial charge is 0.126 e. The highest BCUT2D eigenvalue weighted by atomic mass is 32.1. The molecule has 0 radical (unpaired) electrons. The summed E-state index contributed by atoms with van der Waals surface area (Å²) < 4.78 is 5.23. The van der Waals surface area contributed by atoms with Gasteiger partial charge in [0.2, 0.25) is 0 Å². The summed E-state index contributed by atoms with van der Waals surface area (Å²) in [6, 6.07) is 7.45. The quantitative estimate of drug-likeness (QED) is 0.791. The van der Waals surface area contributed by atoms with Gasteiger partial charge in [-0.3, -0.25) is 0 Å². The number of rotatable bonds is 5. The summed E-state index contributed by atoms with van der Waals surface area (Å²) in [4.78, 5) is 4.56. The minimum atomic E-state index is 0.376. The topological polar surface area (TPSA) is 64.1 Å². The van der Waals surface area contributed by atoms with Crippen LogP contribution in [-0.4, -0.2) is 16.5 Å². The summed E-state index contributed by atoms with van der Waals surface area (Å²) in [6.07, 6.45) is 4.16. The molecule has 0 aliphatic rings. The van der Waals surface area contributed by atoms with Gasteiger partial charge in [-0.2, -0.15) is 0 Å². The molecule has 2 rings (SSSR count). The van der Waals surface area contributed by atoms with Crippen molar-refractivity contribution in [2.45, 2.75) is 6.42 Å². The largest absolute Gasteiger partial charge is 0.469 e. The normalized spacial score (nSPS) is 10.1. The first-order valence-electron chi connectivity index (χ1n) is 5.28. The summed E-state index contributed by atoms with van der Waals surface area (Å²) in [5, 5.41) is 3.19. The molecule has 2 aromatic heterocycles. The van der Waals surface area contributed by atoms with Crippen LogP contribution in [-0.2, 0) is 6.42 Å². The lowest BCUT2D eigenvalue weighted by atomic mass is 10.2. The van der Waals surface area contributed by atoms with E-state index in [1.54, 1.807) is 18.5 Å². The number of hydrogen-bond acceptors (Lipinski definition) is 4. The van der Waals surface area contributed by atoms with Crippen molar-refractivity contribution in [2.75, 3.05) is 11.9 Å². The summed E-state index contributed by atoms with van der Waals surface area (Å²) in [5.74, 6) is 1.71. The van der Waals surface area contributed by atoms with Crippen LogP contribution in [0.3, 0.4) is 0 Å². The van der Waals surface area contributed by atoms with Crippen molar-refractivity contribution in [1.29, 1.82) is 0 Å². The molecule has 0 saturated carbocycles. The lowest BCUT2D eigenvalue weighted by molar-refractivity contribution is 0.513. The average Bonchev–Trinajstić information content (AvgIpc) is 2.82. The maximum Gasteiger partial charge on any atom is 0.126 e. The second-order valence-electron chi connectivity index (χ2n) is 3.55. The molecule has 4 nitrogen and oxygen atoms in total. The maximum atomic E-state index is 5.55.